The average molecular weight is 318 g/mol. The molecule has 0 aliphatic carbocycles. The van der Waals surface area contributed by atoms with Gasteiger partial charge in [0.1, 0.15) is 5.56 Å². The number of anilines is 1. The van der Waals surface area contributed by atoms with Crippen LogP contribution in [0.2, 0.25) is 0 Å². The van der Waals surface area contributed by atoms with Gasteiger partial charge in [-0.3, -0.25) is 25.0 Å². The Bertz CT molecular complexity index is 582. The Hall–Kier alpha value is -2.07. The molecular weight excluding hydrogens is 303 g/mol. The number of nitrogen functional groups attached to an aromatic ring is 1. The maximum absolute atomic E-state index is 13.4. The van der Waals surface area contributed by atoms with Crippen LogP contribution in [-0.2, 0) is 10.8 Å². The quantitative estimate of drug-likeness (QED) is 0.382. The van der Waals surface area contributed by atoms with Crippen molar-refractivity contribution in [3.05, 3.63) is 33.6 Å². The van der Waals surface area contributed by atoms with Gasteiger partial charge in [-0.25, -0.2) is 4.39 Å². The summed E-state index contributed by atoms with van der Waals surface area (Å²) >= 11 is 0. The highest BCUT2D eigenvalue weighted by molar-refractivity contribution is 7.84. The Morgan fingerprint density at radius 3 is 2.71 bits per heavy atom. The van der Waals surface area contributed by atoms with Crippen molar-refractivity contribution in [3.8, 4) is 0 Å². The zero-order chi connectivity index (χ0) is 16.0. The van der Waals surface area contributed by atoms with Gasteiger partial charge < -0.3 is 10.7 Å². The number of nitro benzene ring substituents is 1. The Labute approximate surface area is 122 Å². The highest BCUT2D eigenvalue weighted by Crippen LogP contribution is 2.25. The number of nitrogens with two attached hydrogens (primary N) is 1. The second kappa shape index (κ2) is 7.64. The first-order valence-electron chi connectivity index (χ1n) is 5.98. The molecule has 4 N–H and O–H groups in total. The molecule has 1 unspecified atom stereocenters. The minimum atomic E-state index is -1.06. The highest BCUT2D eigenvalue weighted by atomic mass is 32.2. The topological polar surface area (TPSA) is 127 Å². The second-order valence-electron chi connectivity index (χ2n) is 3.94. The molecular formula is C11H15FN4O4S. The number of benzene rings is 1. The monoisotopic (exact) mass is 318 g/mol. The van der Waals surface area contributed by atoms with Crippen LogP contribution >= 0.6 is 0 Å². The smallest absolute Gasteiger partial charge is 0.285 e. The first kappa shape index (κ1) is 17.0. The fourth-order valence-electron chi connectivity index (χ4n) is 1.52. The van der Waals surface area contributed by atoms with Gasteiger partial charge in [-0.05, 0) is 6.07 Å². The Morgan fingerprint density at radius 2 is 2.19 bits per heavy atom. The van der Waals surface area contributed by atoms with Crippen molar-refractivity contribution in [2.24, 2.45) is 5.84 Å². The van der Waals surface area contributed by atoms with E-state index in [2.05, 4.69) is 5.32 Å². The fraction of sp³-hybridized carbons (Fsp3) is 0.364. The molecule has 1 amide bonds. The molecule has 0 bridgehead atoms. The van der Waals surface area contributed by atoms with Gasteiger partial charge in [-0.2, -0.15) is 0 Å². The van der Waals surface area contributed by atoms with Crippen molar-refractivity contribution in [3.63, 3.8) is 0 Å². The molecule has 0 saturated heterocycles. The lowest BCUT2D eigenvalue weighted by atomic mass is 10.1. The van der Waals surface area contributed by atoms with E-state index in [1.165, 1.54) is 0 Å². The van der Waals surface area contributed by atoms with E-state index in [0.717, 1.165) is 6.07 Å². The van der Waals surface area contributed by atoms with Gasteiger partial charge in [0.2, 0.25) is 0 Å². The third-order valence-corrected chi connectivity index (χ3v) is 3.92. The van der Waals surface area contributed by atoms with Crippen LogP contribution in [0.15, 0.2) is 12.1 Å². The minimum absolute atomic E-state index is 0.0964. The van der Waals surface area contributed by atoms with Crippen molar-refractivity contribution in [2.75, 3.05) is 23.5 Å². The van der Waals surface area contributed by atoms with Crippen molar-refractivity contribution < 1.29 is 18.3 Å². The van der Waals surface area contributed by atoms with E-state index >= 15 is 0 Å². The molecule has 1 aromatic carbocycles. The lowest BCUT2D eigenvalue weighted by Gasteiger charge is -2.08. The maximum Gasteiger partial charge on any atom is 0.285 e. The van der Waals surface area contributed by atoms with Crippen LogP contribution in [0.25, 0.3) is 0 Å². The average Bonchev–Trinajstić information content (AvgIpc) is 2.46. The molecule has 0 fully saturated rings. The van der Waals surface area contributed by atoms with Crippen LogP contribution in [0.5, 0.6) is 0 Å². The summed E-state index contributed by atoms with van der Waals surface area (Å²) in [6, 6.07) is 1.58. The maximum atomic E-state index is 13.4. The van der Waals surface area contributed by atoms with E-state index in [0.29, 0.717) is 11.8 Å². The van der Waals surface area contributed by atoms with Crippen LogP contribution in [0.1, 0.15) is 17.3 Å². The molecule has 0 aromatic heterocycles. The molecule has 0 radical (unpaired) electrons. The third-order valence-electron chi connectivity index (χ3n) is 2.62. The number of hydrogen-bond acceptors (Lipinski definition) is 6. The van der Waals surface area contributed by atoms with Crippen LogP contribution in [-0.4, -0.2) is 33.1 Å². The second-order valence-corrected chi connectivity index (χ2v) is 5.80. The summed E-state index contributed by atoms with van der Waals surface area (Å²) in [5.74, 6) is 4.06. The summed E-state index contributed by atoms with van der Waals surface area (Å²) in [4.78, 5) is 21.9. The van der Waals surface area contributed by atoms with E-state index < -0.39 is 33.1 Å². The number of nitro groups is 1. The predicted molar refractivity (Wildman–Crippen MR) is 76.7 cm³/mol. The fourth-order valence-corrected chi connectivity index (χ4v) is 2.14. The molecule has 8 nitrogen and oxygen atoms in total. The summed E-state index contributed by atoms with van der Waals surface area (Å²) in [5, 5.41) is 13.3. The first-order chi connectivity index (χ1) is 9.90. The van der Waals surface area contributed by atoms with Gasteiger partial charge in [-0.15, -0.1) is 0 Å². The Morgan fingerprint density at radius 1 is 1.52 bits per heavy atom. The molecule has 10 heteroatoms. The number of nitrogens with one attached hydrogen (secondary N) is 2. The number of carbonyl (C=O) groups is 1. The zero-order valence-electron chi connectivity index (χ0n) is 11.2. The molecule has 21 heavy (non-hydrogen) atoms. The zero-order valence-corrected chi connectivity index (χ0v) is 12.0. The van der Waals surface area contributed by atoms with Crippen molar-refractivity contribution in [1.82, 2.24) is 5.32 Å². The number of hydrazine groups is 1. The van der Waals surface area contributed by atoms with Crippen molar-refractivity contribution in [1.29, 1.82) is 0 Å². The normalized spacial score (nSPS) is 11.8. The van der Waals surface area contributed by atoms with Gasteiger partial charge in [0, 0.05) is 28.9 Å². The van der Waals surface area contributed by atoms with Crippen LogP contribution in [0.3, 0.4) is 0 Å². The molecule has 116 valence electrons. The van der Waals surface area contributed by atoms with E-state index in [4.69, 9.17) is 5.84 Å². The Balaban J connectivity index is 2.96. The number of hydrogen-bond donors (Lipinski definition) is 3. The first-order valence-corrected chi connectivity index (χ1v) is 7.47. The predicted octanol–water partition coefficient (Wildman–Crippen LogP) is 0.518. The van der Waals surface area contributed by atoms with Crippen LogP contribution in [0, 0.1) is 15.9 Å². The number of amides is 1. The van der Waals surface area contributed by atoms with Gasteiger partial charge in [-0.1, -0.05) is 6.92 Å². The van der Waals surface area contributed by atoms with Crippen molar-refractivity contribution >= 4 is 28.1 Å². The summed E-state index contributed by atoms with van der Waals surface area (Å²) in [6.45, 7) is 1.83. The SMILES string of the molecule is CCS(=O)CCNC(=O)c1cc(NN)c(F)cc1[N+](=O)[O-]. The van der Waals surface area contributed by atoms with Crippen LogP contribution < -0.4 is 16.6 Å². The van der Waals surface area contributed by atoms with Crippen molar-refractivity contribution in [2.45, 2.75) is 6.92 Å². The van der Waals surface area contributed by atoms with E-state index in [-0.39, 0.29) is 23.5 Å². The molecule has 1 rings (SSSR count). The number of halogens is 1. The molecule has 0 heterocycles. The van der Waals surface area contributed by atoms with E-state index in [1.54, 1.807) is 6.92 Å². The molecule has 1 aromatic rings. The van der Waals surface area contributed by atoms with Gasteiger partial charge in [0.25, 0.3) is 11.6 Å². The summed E-state index contributed by atoms with van der Waals surface area (Å²) < 4.78 is 24.7. The Kier molecular flexibility index (Phi) is 6.18. The molecule has 0 aliphatic heterocycles. The number of nitrogens with zero attached hydrogens (tertiary/aromatic N) is 1. The lowest BCUT2D eigenvalue weighted by molar-refractivity contribution is -0.385. The van der Waals surface area contributed by atoms with Gasteiger partial charge in [0.15, 0.2) is 5.82 Å². The highest BCUT2D eigenvalue weighted by Gasteiger charge is 2.23. The summed E-state index contributed by atoms with van der Waals surface area (Å²) in [5.41, 5.74) is 0.792. The number of carbonyl (C=O) groups excluding carboxylic acids is 1. The van der Waals surface area contributed by atoms with E-state index in [9.17, 15) is 23.5 Å². The summed E-state index contributed by atoms with van der Waals surface area (Å²) in [7, 11) is -1.06. The largest absolute Gasteiger partial charge is 0.351 e. The standard InChI is InChI=1S/C11H15FN4O4S/c1-2-21(20)4-3-14-11(17)7-5-9(15-13)8(12)6-10(7)16(18)19/h5-6,15H,2-4,13H2,1H3,(H,14,17). The lowest BCUT2D eigenvalue weighted by Crippen LogP contribution is -2.29. The molecule has 1 atom stereocenters. The minimum Gasteiger partial charge on any atom is -0.351 e. The van der Waals surface area contributed by atoms with Gasteiger partial charge >= 0.3 is 0 Å². The van der Waals surface area contributed by atoms with Crippen LogP contribution in [0.4, 0.5) is 15.8 Å². The summed E-state index contributed by atoms with van der Waals surface area (Å²) in [6.07, 6.45) is 0. The molecule has 0 aliphatic rings. The third kappa shape index (κ3) is 4.46. The molecule has 0 spiro atoms. The molecule has 0 saturated carbocycles. The van der Waals surface area contributed by atoms with E-state index in [1.807, 2.05) is 5.43 Å². The number of rotatable bonds is 7. The van der Waals surface area contributed by atoms with Gasteiger partial charge in [0.05, 0.1) is 16.7 Å².